The van der Waals surface area contributed by atoms with Gasteiger partial charge < -0.3 is 15.0 Å². The summed E-state index contributed by atoms with van der Waals surface area (Å²) in [4.78, 5) is 37.9. The highest BCUT2D eigenvalue weighted by Gasteiger charge is 2.37. The van der Waals surface area contributed by atoms with E-state index in [1.54, 1.807) is 0 Å². The zero-order valence-corrected chi connectivity index (χ0v) is 9.92. The molecule has 1 aliphatic heterocycles. The van der Waals surface area contributed by atoms with Gasteiger partial charge >= 0.3 is 5.97 Å². The highest BCUT2D eigenvalue weighted by atomic mass is 16.4. The Morgan fingerprint density at radius 1 is 1.39 bits per heavy atom. The monoisotopic (exact) mass is 250 g/mol. The lowest BCUT2D eigenvalue weighted by molar-refractivity contribution is -0.142. The van der Waals surface area contributed by atoms with Crippen molar-refractivity contribution in [1.29, 1.82) is 0 Å². The minimum atomic E-state index is -0.876. The van der Waals surface area contributed by atoms with Gasteiger partial charge in [0, 0.05) is 25.4 Å². The number of amides is 1. The van der Waals surface area contributed by atoms with Crippen molar-refractivity contribution in [3.63, 3.8) is 0 Å². The maximum Gasteiger partial charge on any atom is 0.308 e. The lowest BCUT2D eigenvalue weighted by Gasteiger charge is -2.15. The molecule has 2 N–H and O–H groups in total. The molecular weight excluding hydrogens is 236 g/mol. The molecule has 0 aromatic carbocycles. The van der Waals surface area contributed by atoms with Crippen molar-refractivity contribution in [1.82, 2.24) is 9.88 Å². The third-order valence-corrected chi connectivity index (χ3v) is 3.25. The summed E-state index contributed by atoms with van der Waals surface area (Å²) in [5.41, 5.74) is 0.0950. The van der Waals surface area contributed by atoms with Crippen LogP contribution in [0.3, 0.4) is 0 Å². The van der Waals surface area contributed by atoms with Gasteiger partial charge in [-0.3, -0.25) is 14.4 Å². The van der Waals surface area contributed by atoms with Crippen molar-refractivity contribution in [3.05, 3.63) is 34.2 Å². The van der Waals surface area contributed by atoms with E-state index in [2.05, 4.69) is 4.98 Å². The van der Waals surface area contributed by atoms with E-state index in [1.165, 1.54) is 23.2 Å². The second kappa shape index (κ2) is 4.64. The molecule has 1 fully saturated rings. The number of aliphatic carboxylic acids is 1. The maximum absolute atomic E-state index is 12.1. The van der Waals surface area contributed by atoms with E-state index in [-0.39, 0.29) is 23.9 Å². The highest BCUT2D eigenvalue weighted by Crippen LogP contribution is 2.24. The molecule has 1 saturated heterocycles. The van der Waals surface area contributed by atoms with Crippen LogP contribution in [0.4, 0.5) is 0 Å². The first-order valence-corrected chi connectivity index (χ1v) is 5.70. The molecule has 1 aliphatic rings. The lowest BCUT2D eigenvalue weighted by Crippen LogP contribution is -2.30. The third-order valence-electron chi connectivity index (χ3n) is 3.25. The predicted octanol–water partition coefficient (Wildman–Crippen LogP) is 0.168. The van der Waals surface area contributed by atoms with Gasteiger partial charge in [0.2, 0.25) is 5.56 Å². The van der Waals surface area contributed by atoms with Crippen LogP contribution < -0.4 is 5.56 Å². The smallest absolute Gasteiger partial charge is 0.308 e. The molecule has 2 heterocycles. The van der Waals surface area contributed by atoms with E-state index < -0.39 is 11.9 Å². The Morgan fingerprint density at radius 3 is 2.61 bits per heavy atom. The first-order valence-electron chi connectivity index (χ1n) is 5.70. The quantitative estimate of drug-likeness (QED) is 0.782. The van der Waals surface area contributed by atoms with E-state index >= 15 is 0 Å². The lowest BCUT2D eigenvalue weighted by atomic mass is 9.99. The van der Waals surface area contributed by atoms with Gasteiger partial charge in [-0.1, -0.05) is 6.92 Å². The van der Waals surface area contributed by atoms with Crippen LogP contribution in [0.25, 0.3) is 0 Å². The van der Waals surface area contributed by atoms with E-state index in [0.717, 1.165) is 0 Å². The summed E-state index contributed by atoms with van der Waals surface area (Å²) in [6.07, 6.45) is 1.35. The fourth-order valence-electron chi connectivity index (χ4n) is 2.18. The second-order valence-electron chi connectivity index (χ2n) is 4.57. The predicted molar refractivity (Wildman–Crippen MR) is 63.3 cm³/mol. The van der Waals surface area contributed by atoms with Gasteiger partial charge in [0.15, 0.2) is 0 Å². The Bertz CT molecular complexity index is 517. The first-order chi connectivity index (χ1) is 8.49. The Morgan fingerprint density at radius 2 is 2.11 bits per heavy atom. The van der Waals surface area contributed by atoms with Crippen LogP contribution in [-0.2, 0) is 4.79 Å². The summed E-state index contributed by atoms with van der Waals surface area (Å²) >= 11 is 0. The Kier molecular flexibility index (Phi) is 3.18. The van der Waals surface area contributed by atoms with Gasteiger partial charge in [-0.05, 0) is 12.0 Å². The number of carboxylic acids is 1. The van der Waals surface area contributed by atoms with Gasteiger partial charge in [-0.2, -0.15) is 0 Å². The molecule has 18 heavy (non-hydrogen) atoms. The molecule has 2 unspecified atom stereocenters. The highest BCUT2D eigenvalue weighted by molar-refractivity contribution is 5.94. The number of hydrogen-bond donors (Lipinski definition) is 2. The minimum Gasteiger partial charge on any atom is -0.481 e. The van der Waals surface area contributed by atoms with Crippen molar-refractivity contribution < 1.29 is 14.7 Å². The number of likely N-dealkylation sites (tertiary alicyclic amines) is 1. The van der Waals surface area contributed by atoms with Gasteiger partial charge in [0.25, 0.3) is 5.91 Å². The van der Waals surface area contributed by atoms with Crippen molar-refractivity contribution in [2.24, 2.45) is 11.8 Å². The van der Waals surface area contributed by atoms with Crippen LogP contribution in [0, 0.1) is 11.8 Å². The molecule has 1 amide bonds. The van der Waals surface area contributed by atoms with E-state index in [1.807, 2.05) is 6.92 Å². The Balaban J connectivity index is 2.14. The molecule has 96 valence electrons. The summed E-state index contributed by atoms with van der Waals surface area (Å²) < 4.78 is 0. The van der Waals surface area contributed by atoms with Crippen LogP contribution >= 0.6 is 0 Å². The van der Waals surface area contributed by atoms with Crippen molar-refractivity contribution in [2.75, 3.05) is 13.1 Å². The molecular formula is C12H14N2O4. The van der Waals surface area contributed by atoms with Crippen LogP contribution in [0.1, 0.15) is 17.3 Å². The average Bonchev–Trinajstić information content (AvgIpc) is 2.71. The number of H-pyrrole nitrogens is 1. The summed E-state index contributed by atoms with van der Waals surface area (Å²) in [6, 6.07) is 2.72. The van der Waals surface area contributed by atoms with Crippen LogP contribution in [0.2, 0.25) is 0 Å². The number of carbonyl (C=O) groups is 2. The molecule has 2 rings (SSSR count). The normalized spacial score (nSPS) is 23.1. The van der Waals surface area contributed by atoms with E-state index in [0.29, 0.717) is 12.1 Å². The van der Waals surface area contributed by atoms with Gasteiger partial charge in [-0.25, -0.2) is 0 Å². The standard InChI is InChI=1S/C12H14N2O4/c1-7-5-14(6-9(7)12(17)18)11(16)8-2-3-10(15)13-4-8/h2-4,7,9H,5-6H2,1H3,(H,13,15)(H,17,18). The summed E-state index contributed by atoms with van der Waals surface area (Å²) in [7, 11) is 0. The van der Waals surface area contributed by atoms with Crippen LogP contribution in [0.5, 0.6) is 0 Å². The van der Waals surface area contributed by atoms with Crippen molar-refractivity contribution in [3.8, 4) is 0 Å². The van der Waals surface area contributed by atoms with Crippen molar-refractivity contribution in [2.45, 2.75) is 6.92 Å². The SMILES string of the molecule is CC1CN(C(=O)c2ccc(=O)[nH]c2)CC1C(=O)O. The molecule has 0 aliphatic carbocycles. The summed E-state index contributed by atoms with van der Waals surface area (Å²) in [5.74, 6) is -1.70. The topological polar surface area (TPSA) is 90.5 Å². The van der Waals surface area contributed by atoms with Gasteiger partial charge in [-0.15, -0.1) is 0 Å². The van der Waals surface area contributed by atoms with Gasteiger partial charge in [0.05, 0.1) is 11.5 Å². The number of aromatic amines is 1. The minimum absolute atomic E-state index is 0.0609. The number of hydrogen-bond acceptors (Lipinski definition) is 3. The fourth-order valence-corrected chi connectivity index (χ4v) is 2.18. The van der Waals surface area contributed by atoms with Gasteiger partial charge in [0.1, 0.15) is 0 Å². The summed E-state index contributed by atoms with van der Waals surface area (Å²) in [6.45, 7) is 2.46. The van der Waals surface area contributed by atoms with Crippen LogP contribution in [0.15, 0.2) is 23.1 Å². The molecule has 0 bridgehead atoms. The number of carbonyl (C=O) groups excluding carboxylic acids is 1. The van der Waals surface area contributed by atoms with E-state index in [9.17, 15) is 14.4 Å². The Hall–Kier alpha value is -2.11. The first kappa shape index (κ1) is 12.3. The Labute approximate surface area is 103 Å². The number of rotatable bonds is 2. The molecule has 0 radical (unpaired) electrons. The molecule has 1 aromatic heterocycles. The maximum atomic E-state index is 12.1. The number of nitrogens with one attached hydrogen (secondary N) is 1. The largest absolute Gasteiger partial charge is 0.481 e. The zero-order chi connectivity index (χ0) is 13.3. The zero-order valence-electron chi connectivity index (χ0n) is 9.92. The third kappa shape index (κ3) is 2.27. The van der Waals surface area contributed by atoms with Crippen molar-refractivity contribution >= 4 is 11.9 Å². The van der Waals surface area contributed by atoms with E-state index in [4.69, 9.17) is 5.11 Å². The molecule has 1 aromatic rings. The average molecular weight is 250 g/mol. The molecule has 6 heteroatoms. The molecule has 0 spiro atoms. The summed E-state index contributed by atoms with van der Waals surface area (Å²) in [5, 5.41) is 9.00. The molecule has 2 atom stereocenters. The molecule has 0 saturated carbocycles. The van der Waals surface area contributed by atoms with Crippen LogP contribution in [-0.4, -0.2) is 40.0 Å². The number of pyridine rings is 1. The molecule has 6 nitrogen and oxygen atoms in total. The second-order valence-corrected chi connectivity index (χ2v) is 4.57. The number of carboxylic acid groups (broad SMARTS) is 1. The fraction of sp³-hybridized carbons (Fsp3) is 0.417. The number of nitrogens with zero attached hydrogens (tertiary/aromatic N) is 1. The number of aromatic nitrogens is 1.